The van der Waals surface area contributed by atoms with E-state index in [1.807, 2.05) is 50.2 Å². The van der Waals surface area contributed by atoms with Crippen molar-refractivity contribution in [2.24, 2.45) is 0 Å². The molecule has 0 atom stereocenters. The highest BCUT2D eigenvalue weighted by molar-refractivity contribution is 6.02. The average molecular weight is 436 g/mol. The highest BCUT2D eigenvalue weighted by Crippen LogP contribution is 2.33. The molecule has 0 aliphatic carbocycles. The van der Waals surface area contributed by atoms with Crippen molar-refractivity contribution < 1.29 is 13.9 Å². The number of halogens is 1. The molecule has 0 unspecified atom stereocenters. The summed E-state index contributed by atoms with van der Waals surface area (Å²) in [6.07, 6.45) is 1.61. The molecule has 0 radical (unpaired) electrons. The fourth-order valence-corrected chi connectivity index (χ4v) is 3.66. The van der Waals surface area contributed by atoms with Gasteiger partial charge in [0.15, 0.2) is 11.6 Å². The van der Waals surface area contributed by atoms with E-state index in [2.05, 4.69) is 20.5 Å². The van der Waals surface area contributed by atoms with Crippen molar-refractivity contribution in [3.05, 3.63) is 66.6 Å². The van der Waals surface area contributed by atoms with Crippen molar-refractivity contribution in [1.29, 1.82) is 0 Å². The van der Waals surface area contributed by atoms with Gasteiger partial charge in [0, 0.05) is 36.2 Å². The van der Waals surface area contributed by atoms with Gasteiger partial charge in [-0.1, -0.05) is 18.2 Å². The van der Waals surface area contributed by atoms with Crippen LogP contribution in [0.3, 0.4) is 0 Å². The second kappa shape index (κ2) is 9.55. The predicted molar refractivity (Wildman–Crippen MR) is 126 cm³/mol. The Labute approximate surface area is 186 Å². The number of urea groups is 1. The van der Waals surface area contributed by atoms with E-state index in [4.69, 9.17) is 4.74 Å². The monoisotopic (exact) mass is 435 g/mol. The zero-order chi connectivity index (χ0) is 22.5. The maximum Gasteiger partial charge on any atom is 0.327 e. The van der Waals surface area contributed by atoms with Gasteiger partial charge in [-0.3, -0.25) is 4.90 Å². The maximum atomic E-state index is 14.2. The summed E-state index contributed by atoms with van der Waals surface area (Å²) in [5, 5.41) is 6.06. The molecule has 2 N–H and O–H groups in total. The van der Waals surface area contributed by atoms with Crippen molar-refractivity contribution in [2.75, 3.05) is 46.7 Å². The first-order valence-corrected chi connectivity index (χ1v) is 10.7. The van der Waals surface area contributed by atoms with Crippen LogP contribution in [0.2, 0.25) is 0 Å². The summed E-state index contributed by atoms with van der Waals surface area (Å²) in [4.78, 5) is 20.8. The Kier molecular flexibility index (Phi) is 6.39. The second-order valence-electron chi connectivity index (χ2n) is 7.34. The van der Waals surface area contributed by atoms with Crippen LogP contribution < -0.4 is 25.2 Å². The topological polar surface area (TPSA) is 69.7 Å². The molecule has 0 saturated carbocycles. The number of ether oxygens (including phenoxy) is 1. The lowest BCUT2D eigenvalue weighted by molar-refractivity contribution is 0.249. The number of pyridine rings is 1. The Morgan fingerprint density at radius 1 is 1.09 bits per heavy atom. The summed E-state index contributed by atoms with van der Waals surface area (Å²) in [5.41, 5.74) is 2.77. The minimum Gasteiger partial charge on any atom is -0.488 e. The molecule has 1 aliphatic rings. The molecule has 2 heterocycles. The Bertz CT molecular complexity index is 1090. The van der Waals surface area contributed by atoms with Gasteiger partial charge in [-0.2, -0.15) is 0 Å². The van der Waals surface area contributed by atoms with E-state index in [0.29, 0.717) is 41.8 Å². The first-order chi connectivity index (χ1) is 15.6. The molecule has 2 aromatic carbocycles. The van der Waals surface area contributed by atoms with E-state index in [1.165, 1.54) is 12.1 Å². The lowest BCUT2D eigenvalue weighted by atomic mass is 10.2. The molecular weight excluding hydrogens is 409 g/mol. The third-order valence-corrected chi connectivity index (χ3v) is 5.23. The number of anilines is 5. The minimum absolute atomic E-state index is 0.275. The molecule has 0 bridgehead atoms. The van der Waals surface area contributed by atoms with Crippen LogP contribution in [-0.4, -0.2) is 37.3 Å². The number of fused-ring (bicyclic) bond motifs is 1. The van der Waals surface area contributed by atoms with E-state index < -0.39 is 0 Å². The minimum atomic E-state index is -0.317. The number of carbonyl (C=O) groups is 1. The SMILES string of the molecule is CCN(CC)c1cc(F)cc(Nc2cnc3c(c2)OCCN3C(=O)Nc2ccccc2)c1. The summed E-state index contributed by atoms with van der Waals surface area (Å²) >= 11 is 0. The van der Waals surface area contributed by atoms with Gasteiger partial charge in [0.2, 0.25) is 0 Å². The van der Waals surface area contributed by atoms with Crippen molar-refractivity contribution in [3.63, 3.8) is 0 Å². The molecule has 1 aliphatic heterocycles. The van der Waals surface area contributed by atoms with E-state index in [-0.39, 0.29) is 11.8 Å². The van der Waals surface area contributed by atoms with Crippen LogP contribution in [-0.2, 0) is 0 Å². The Morgan fingerprint density at radius 3 is 2.62 bits per heavy atom. The van der Waals surface area contributed by atoms with Crippen molar-refractivity contribution in [1.82, 2.24) is 4.98 Å². The number of hydrogen-bond donors (Lipinski definition) is 2. The molecular formula is C24H26FN5O2. The van der Waals surface area contributed by atoms with E-state index >= 15 is 0 Å². The number of aromatic nitrogens is 1. The van der Waals surface area contributed by atoms with Gasteiger partial charge < -0.3 is 20.3 Å². The van der Waals surface area contributed by atoms with E-state index in [0.717, 1.165) is 18.8 Å². The van der Waals surface area contributed by atoms with Gasteiger partial charge in [0.25, 0.3) is 0 Å². The van der Waals surface area contributed by atoms with Crippen LogP contribution in [0.4, 0.5) is 37.8 Å². The van der Waals surface area contributed by atoms with Crippen LogP contribution >= 0.6 is 0 Å². The molecule has 1 aromatic heterocycles. The number of benzene rings is 2. The van der Waals surface area contributed by atoms with Crippen LogP contribution in [0, 0.1) is 5.82 Å². The lowest BCUT2D eigenvalue weighted by Crippen LogP contribution is -2.41. The molecule has 3 aromatic rings. The molecule has 8 heteroatoms. The molecule has 0 saturated heterocycles. The predicted octanol–water partition coefficient (Wildman–Crippen LogP) is 5.24. The lowest BCUT2D eigenvalue weighted by Gasteiger charge is -2.28. The third-order valence-electron chi connectivity index (χ3n) is 5.23. The number of amides is 2. The number of rotatable bonds is 6. The van der Waals surface area contributed by atoms with Gasteiger partial charge in [-0.05, 0) is 44.2 Å². The Balaban J connectivity index is 1.53. The zero-order valence-corrected chi connectivity index (χ0v) is 18.1. The van der Waals surface area contributed by atoms with E-state index in [1.54, 1.807) is 17.2 Å². The smallest absolute Gasteiger partial charge is 0.327 e. The molecule has 0 fully saturated rings. The van der Waals surface area contributed by atoms with Gasteiger partial charge in [-0.25, -0.2) is 14.2 Å². The summed E-state index contributed by atoms with van der Waals surface area (Å²) in [6.45, 7) is 6.38. The summed E-state index contributed by atoms with van der Waals surface area (Å²) < 4.78 is 19.9. The normalized spacial score (nSPS) is 12.5. The van der Waals surface area contributed by atoms with Crippen molar-refractivity contribution in [2.45, 2.75) is 13.8 Å². The summed E-state index contributed by atoms with van der Waals surface area (Å²) in [7, 11) is 0. The van der Waals surface area contributed by atoms with Crippen molar-refractivity contribution in [3.8, 4) is 5.75 Å². The van der Waals surface area contributed by atoms with Gasteiger partial charge in [0.05, 0.1) is 18.4 Å². The first-order valence-electron chi connectivity index (χ1n) is 10.7. The Hall–Kier alpha value is -3.81. The van der Waals surface area contributed by atoms with Crippen LogP contribution in [0.1, 0.15) is 13.8 Å². The van der Waals surface area contributed by atoms with Gasteiger partial charge in [0.1, 0.15) is 12.4 Å². The number of carbonyl (C=O) groups excluding carboxylic acids is 1. The van der Waals surface area contributed by atoms with Crippen molar-refractivity contribution >= 4 is 34.6 Å². The Morgan fingerprint density at radius 2 is 1.88 bits per heavy atom. The number of nitrogens with one attached hydrogen (secondary N) is 2. The second-order valence-corrected chi connectivity index (χ2v) is 7.34. The number of nitrogens with zero attached hydrogens (tertiary/aromatic N) is 3. The fourth-order valence-electron chi connectivity index (χ4n) is 3.66. The molecule has 7 nitrogen and oxygen atoms in total. The van der Waals surface area contributed by atoms with Gasteiger partial charge >= 0.3 is 6.03 Å². The highest BCUT2D eigenvalue weighted by Gasteiger charge is 2.25. The molecule has 0 spiro atoms. The highest BCUT2D eigenvalue weighted by atomic mass is 19.1. The summed E-state index contributed by atoms with van der Waals surface area (Å²) in [5.74, 6) is 0.617. The first kappa shape index (κ1) is 21.4. The maximum absolute atomic E-state index is 14.2. The number of para-hydroxylation sites is 1. The summed E-state index contributed by atoms with van der Waals surface area (Å²) in [6, 6.07) is 15.6. The van der Waals surface area contributed by atoms with E-state index in [9.17, 15) is 9.18 Å². The average Bonchev–Trinajstić information content (AvgIpc) is 2.79. The largest absolute Gasteiger partial charge is 0.488 e. The number of hydrogen-bond acceptors (Lipinski definition) is 5. The molecule has 166 valence electrons. The molecule has 2 amide bonds. The quantitative estimate of drug-likeness (QED) is 0.554. The standard InChI is InChI=1S/C24H26FN5O2/c1-3-29(4-2)21-13-17(25)12-19(14-21)27-20-15-22-23(26-16-20)30(10-11-32-22)24(31)28-18-8-6-5-7-9-18/h5-9,12-16,27H,3-4,10-11H2,1-2H3,(H,28,31). The van der Waals surface area contributed by atoms with Gasteiger partial charge in [-0.15, -0.1) is 0 Å². The zero-order valence-electron chi connectivity index (χ0n) is 18.1. The fraction of sp³-hybridized carbons (Fsp3) is 0.250. The van der Waals surface area contributed by atoms with Crippen LogP contribution in [0.15, 0.2) is 60.8 Å². The molecule has 4 rings (SSSR count). The van der Waals surface area contributed by atoms with Crippen LogP contribution in [0.5, 0.6) is 5.75 Å². The molecule has 32 heavy (non-hydrogen) atoms. The van der Waals surface area contributed by atoms with Crippen LogP contribution in [0.25, 0.3) is 0 Å². The third kappa shape index (κ3) is 4.74.